The van der Waals surface area contributed by atoms with Crippen LogP contribution in [0.25, 0.3) is 0 Å². The van der Waals surface area contributed by atoms with Gasteiger partial charge in [-0.2, -0.15) is 0 Å². The van der Waals surface area contributed by atoms with Crippen molar-refractivity contribution in [2.45, 2.75) is 13.5 Å². The molecule has 0 spiro atoms. The Morgan fingerprint density at radius 3 is 2.63 bits per heavy atom. The molecule has 1 heterocycles. The van der Waals surface area contributed by atoms with Gasteiger partial charge in [0.2, 0.25) is 0 Å². The molecule has 0 amide bonds. The smallest absolute Gasteiger partial charge is 0.194 e. The zero-order valence-corrected chi connectivity index (χ0v) is 11.2. The van der Waals surface area contributed by atoms with Gasteiger partial charge in [0.25, 0.3) is 0 Å². The molecule has 1 aliphatic rings. The highest BCUT2D eigenvalue weighted by atomic mass is 19.1. The fourth-order valence-corrected chi connectivity index (χ4v) is 1.96. The van der Waals surface area contributed by atoms with Crippen LogP contribution < -0.4 is 5.32 Å². The Hall–Kier alpha value is -1.62. The summed E-state index contributed by atoms with van der Waals surface area (Å²) in [6.07, 6.45) is 0. The van der Waals surface area contributed by atoms with Gasteiger partial charge in [-0.15, -0.1) is 0 Å². The molecule has 1 N–H and O–H groups in total. The summed E-state index contributed by atoms with van der Waals surface area (Å²) in [7, 11) is 0. The van der Waals surface area contributed by atoms with Crippen LogP contribution >= 0.6 is 0 Å². The molecule has 5 heteroatoms. The molecule has 1 aromatic carbocycles. The quantitative estimate of drug-likeness (QED) is 0.666. The first kappa shape index (κ1) is 13.8. The molecule has 0 bridgehead atoms. The van der Waals surface area contributed by atoms with E-state index in [9.17, 15) is 4.39 Å². The molecular formula is C14H20FN3O. The summed E-state index contributed by atoms with van der Waals surface area (Å²) in [5.74, 6) is 0.683. The Balaban J connectivity index is 2.00. The van der Waals surface area contributed by atoms with Gasteiger partial charge in [0.05, 0.1) is 19.8 Å². The number of aliphatic imine (C=N–C) groups is 1. The molecule has 104 valence electrons. The number of nitrogens with zero attached hydrogens (tertiary/aromatic N) is 2. The van der Waals surface area contributed by atoms with Crippen LogP contribution in [0.15, 0.2) is 29.3 Å². The molecular weight excluding hydrogens is 245 g/mol. The van der Waals surface area contributed by atoms with Gasteiger partial charge in [-0.05, 0) is 24.6 Å². The van der Waals surface area contributed by atoms with Crippen LogP contribution in [0.4, 0.5) is 4.39 Å². The third-order valence-corrected chi connectivity index (χ3v) is 2.97. The molecule has 1 aliphatic heterocycles. The maximum absolute atomic E-state index is 12.8. The van der Waals surface area contributed by atoms with Crippen molar-refractivity contribution in [3.05, 3.63) is 35.6 Å². The number of hydrogen-bond donors (Lipinski definition) is 1. The summed E-state index contributed by atoms with van der Waals surface area (Å²) < 4.78 is 18.2. The third-order valence-electron chi connectivity index (χ3n) is 2.97. The summed E-state index contributed by atoms with van der Waals surface area (Å²) in [4.78, 5) is 6.78. The first-order valence-corrected chi connectivity index (χ1v) is 6.65. The van der Waals surface area contributed by atoms with Crippen LogP contribution in [0.1, 0.15) is 12.5 Å². The van der Waals surface area contributed by atoms with Gasteiger partial charge in [0, 0.05) is 19.6 Å². The largest absolute Gasteiger partial charge is 0.378 e. The van der Waals surface area contributed by atoms with Crippen LogP contribution in [-0.2, 0) is 11.3 Å². The van der Waals surface area contributed by atoms with Gasteiger partial charge in [0.1, 0.15) is 5.82 Å². The Kier molecular flexibility index (Phi) is 5.15. The van der Waals surface area contributed by atoms with Gasteiger partial charge in [-0.3, -0.25) is 0 Å². The first-order valence-electron chi connectivity index (χ1n) is 6.65. The number of hydrogen-bond acceptors (Lipinski definition) is 2. The molecule has 0 aliphatic carbocycles. The summed E-state index contributed by atoms with van der Waals surface area (Å²) in [5, 5.41) is 3.28. The highest BCUT2D eigenvalue weighted by Crippen LogP contribution is 2.05. The van der Waals surface area contributed by atoms with E-state index in [2.05, 4.69) is 15.2 Å². The molecule has 2 rings (SSSR count). The number of halogens is 1. The molecule has 0 atom stereocenters. The van der Waals surface area contributed by atoms with Crippen molar-refractivity contribution in [2.24, 2.45) is 4.99 Å². The highest BCUT2D eigenvalue weighted by Gasteiger charge is 2.14. The standard InChI is InChI=1S/C14H20FN3O/c1-2-16-14(18-7-9-19-10-8-18)17-11-12-3-5-13(15)6-4-12/h3-6H,2,7-11H2,1H3,(H,16,17). The van der Waals surface area contributed by atoms with Crippen LogP contribution in [0.2, 0.25) is 0 Å². The predicted molar refractivity (Wildman–Crippen MR) is 73.6 cm³/mol. The molecule has 1 saturated heterocycles. The number of nitrogens with one attached hydrogen (secondary N) is 1. The molecule has 1 fully saturated rings. The van der Waals surface area contributed by atoms with E-state index in [-0.39, 0.29) is 5.82 Å². The Labute approximate surface area is 113 Å². The van der Waals surface area contributed by atoms with Gasteiger partial charge in [-0.1, -0.05) is 12.1 Å². The molecule has 0 saturated carbocycles. The number of morpholine rings is 1. The van der Waals surface area contributed by atoms with Crippen molar-refractivity contribution >= 4 is 5.96 Å². The van der Waals surface area contributed by atoms with Crippen LogP contribution in [0, 0.1) is 5.82 Å². The van der Waals surface area contributed by atoms with Gasteiger partial charge in [0.15, 0.2) is 5.96 Å². The van der Waals surface area contributed by atoms with Crippen LogP contribution in [0.5, 0.6) is 0 Å². The Morgan fingerprint density at radius 2 is 2.00 bits per heavy atom. The highest BCUT2D eigenvalue weighted by molar-refractivity contribution is 5.80. The molecule has 4 nitrogen and oxygen atoms in total. The summed E-state index contributed by atoms with van der Waals surface area (Å²) >= 11 is 0. The van der Waals surface area contributed by atoms with Gasteiger partial charge in [-0.25, -0.2) is 9.38 Å². The predicted octanol–water partition coefficient (Wildman–Crippen LogP) is 1.62. The number of guanidine groups is 1. The van der Waals surface area contributed by atoms with E-state index < -0.39 is 0 Å². The number of ether oxygens (including phenoxy) is 1. The lowest BCUT2D eigenvalue weighted by Crippen LogP contribution is -2.47. The number of rotatable bonds is 3. The fourth-order valence-electron chi connectivity index (χ4n) is 1.96. The van der Waals surface area contributed by atoms with Crippen molar-refractivity contribution in [3.63, 3.8) is 0 Å². The maximum Gasteiger partial charge on any atom is 0.194 e. The molecule has 0 radical (unpaired) electrons. The monoisotopic (exact) mass is 265 g/mol. The molecule has 0 aromatic heterocycles. The molecule has 1 aromatic rings. The van der Waals surface area contributed by atoms with E-state index in [0.29, 0.717) is 6.54 Å². The molecule has 0 unspecified atom stereocenters. The average Bonchev–Trinajstić information content (AvgIpc) is 2.46. The topological polar surface area (TPSA) is 36.9 Å². The second-order valence-electron chi connectivity index (χ2n) is 4.40. The average molecular weight is 265 g/mol. The van der Waals surface area contributed by atoms with E-state index in [1.807, 2.05) is 6.92 Å². The normalized spacial score (nSPS) is 16.5. The number of benzene rings is 1. The minimum Gasteiger partial charge on any atom is -0.378 e. The van der Waals surface area contributed by atoms with E-state index >= 15 is 0 Å². The fraction of sp³-hybridized carbons (Fsp3) is 0.500. The van der Waals surface area contributed by atoms with Crippen molar-refractivity contribution in [1.82, 2.24) is 10.2 Å². The van der Waals surface area contributed by atoms with Crippen molar-refractivity contribution in [1.29, 1.82) is 0 Å². The van der Waals surface area contributed by atoms with E-state index in [1.54, 1.807) is 12.1 Å². The maximum atomic E-state index is 12.8. The minimum absolute atomic E-state index is 0.215. The van der Waals surface area contributed by atoms with E-state index in [4.69, 9.17) is 4.74 Å². The van der Waals surface area contributed by atoms with Crippen molar-refractivity contribution < 1.29 is 9.13 Å². The summed E-state index contributed by atoms with van der Waals surface area (Å²) in [5.41, 5.74) is 1.00. The molecule has 19 heavy (non-hydrogen) atoms. The lowest BCUT2D eigenvalue weighted by Gasteiger charge is -2.30. The van der Waals surface area contributed by atoms with Crippen molar-refractivity contribution in [2.75, 3.05) is 32.8 Å². The van der Waals surface area contributed by atoms with Crippen LogP contribution in [0.3, 0.4) is 0 Å². The SMILES string of the molecule is CCNC(=NCc1ccc(F)cc1)N1CCOCC1. The van der Waals surface area contributed by atoms with E-state index in [0.717, 1.165) is 44.4 Å². The Bertz CT molecular complexity index is 413. The van der Waals surface area contributed by atoms with Crippen molar-refractivity contribution in [3.8, 4) is 0 Å². The lowest BCUT2D eigenvalue weighted by molar-refractivity contribution is 0.0664. The van der Waals surface area contributed by atoms with E-state index in [1.165, 1.54) is 12.1 Å². The zero-order chi connectivity index (χ0) is 13.5. The van der Waals surface area contributed by atoms with Crippen LogP contribution in [-0.4, -0.2) is 43.7 Å². The Morgan fingerprint density at radius 1 is 1.32 bits per heavy atom. The lowest BCUT2D eigenvalue weighted by atomic mass is 10.2. The second kappa shape index (κ2) is 7.09. The third kappa shape index (κ3) is 4.21. The summed E-state index contributed by atoms with van der Waals surface area (Å²) in [6.45, 7) is 6.62. The summed E-state index contributed by atoms with van der Waals surface area (Å²) in [6, 6.07) is 6.46. The second-order valence-corrected chi connectivity index (χ2v) is 4.40. The van der Waals surface area contributed by atoms with Gasteiger partial charge < -0.3 is 15.0 Å². The van der Waals surface area contributed by atoms with Gasteiger partial charge >= 0.3 is 0 Å². The zero-order valence-electron chi connectivity index (χ0n) is 11.2. The first-order chi connectivity index (χ1) is 9.29. The minimum atomic E-state index is -0.215.